The van der Waals surface area contributed by atoms with Gasteiger partial charge in [0.1, 0.15) is 5.82 Å². The van der Waals surface area contributed by atoms with Gasteiger partial charge >= 0.3 is 0 Å². The largest absolute Gasteiger partial charge is 0.393 e. The molecule has 2 N–H and O–H groups in total. The van der Waals surface area contributed by atoms with Crippen LogP contribution in [0.4, 0.5) is 4.39 Å². The van der Waals surface area contributed by atoms with Crippen molar-refractivity contribution in [1.82, 2.24) is 4.90 Å². The van der Waals surface area contributed by atoms with Gasteiger partial charge in [-0.15, -0.1) is 0 Å². The summed E-state index contributed by atoms with van der Waals surface area (Å²) in [6.07, 6.45) is 0.618. The number of ether oxygens (including phenoxy) is 1. The van der Waals surface area contributed by atoms with Crippen LogP contribution in [-0.2, 0) is 16.0 Å². The Morgan fingerprint density at radius 3 is 2.80 bits per heavy atom. The summed E-state index contributed by atoms with van der Waals surface area (Å²) >= 11 is 4.82. The third-order valence-corrected chi connectivity index (χ3v) is 2.99. The zero-order chi connectivity index (χ0) is 15.0. The van der Waals surface area contributed by atoms with E-state index in [1.807, 2.05) is 0 Å². The Morgan fingerprint density at radius 2 is 2.20 bits per heavy atom. The van der Waals surface area contributed by atoms with Gasteiger partial charge in [-0.3, -0.25) is 4.79 Å². The smallest absolute Gasteiger partial charge is 0.227 e. The van der Waals surface area contributed by atoms with Crippen molar-refractivity contribution < 1.29 is 13.9 Å². The molecule has 1 aromatic carbocycles. The monoisotopic (exact) mass is 298 g/mol. The minimum Gasteiger partial charge on any atom is -0.393 e. The van der Waals surface area contributed by atoms with Crippen LogP contribution in [0.3, 0.4) is 0 Å². The molecule has 0 fully saturated rings. The molecule has 0 aromatic heterocycles. The molecule has 1 amide bonds. The lowest BCUT2D eigenvalue weighted by Crippen LogP contribution is -2.37. The van der Waals surface area contributed by atoms with E-state index in [0.29, 0.717) is 36.7 Å². The number of carbonyl (C=O) groups excluding carboxylic acids is 1. The second-order valence-corrected chi connectivity index (χ2v) is 4.92. The number of hydrogen-bond acceptors (Lipinski definition) is 3. The number of nitrogens with two attached hydrogens (primary N) is 1. The van der Waals surface area contributed by atoms with E-state index in [4.69, 9.17) is 22.7 Å². The molecule has 0 aliphatic heterocycles. The molecule has 1 aromatic rings. The van der Waals surface area contributed by atoms with E-state index >= 15 is 0 Å². The molecule has 20 heavy (non-hydrogen) atoms. The highest BCUT2D eigenvalue weighted by molar-refractivity contribution is 7.80. The summed E-state index contributed by atoms with van der Waals surface area (Å²) in [7, 11) is 1.57. The van der Waals surface area contributed by atoms with Crippen LogP contribution in [0.25, 0.3) is 0 Å². The lowest BCUT2D eigenvalue weighted by atomic mass is 10.1. The maximum absolute atomic E-state index is 13.1. The van der Waals surface area contributed by atoms with Crippen molar-refractivity contribution >= 4 is 23.1 Å². The van der Waals surface area contributed by atoms with Crippen LogP contribution < -0.4 is 5.73 Å². The van der Waals surface area contributed by atoms with E-state index in [0.717, 1.165) is 0 Å². The summed E-state index contributed by atoms with van der Waals surface area (Å²) in [4.78, 5) is 14.2. The Labute approximate surface area is 123 Å². The topological polar surface area (TPSA) is 55.6 Å². The molecular weight excluding hydrogens is 279 g/mol. The Hall–Kier alpha value is -1.53. The van der Waals surface area contributed by atoms with Gasteiger partial charge in [0.25, 0.3) is 0 Å². The number of thiocarbonyl (C=S) groups is 1. The quantitative estimate of drug-likeness (QED) is 0.739. The van der Waals surface area contributed by atoms with Crippen molar-refractivity contribution in [2.75, 3.05) is 26.8 Å². The number of benzene rings is 1. The van der Waals surface area contributed by atoms with Gasteiger partial charge in [0.15, 0.2) is 0 Å². The molecular formula is C14H19FN2O2S. The standard InChI is InChI=1S/C14H19FN2O2S/c1-19-8-7-17(6-5-13(16)20)14(18)10-11-3-2-4-12(15)9-11/h2-4,9H,5-8,10H2,1H3,(H2,16,20). The fourth-order valence-corrected chi connectivity index (χ4v) is 1.83. The van der Waals surface area contributed by atoms with Crippen molar-refractivity contribution in [2.24, 2.45) is 5.73 Å². The van der Waals surface area contributed by atoms with Crippen molar-refractivity contribution in [3.63, 3.8) is 0 Å². The fraction of sp³-hybridized carbons (Fsp3) is 0.429. The first-order valence-electron chi connectivity index (χ1n) is 6.32. The van der Waals surface area contributed by atoms with Crippen LogP contribution in [0.15, 0.2) is 24.3 Å². The molecule has 6 heteroatoms. The molecule has 0 radical (unpaired) electrons. The van der Waals surface area contributed by atoms with Crippen LogP contribution in [-0.4, -0.2) is 42.6 Å². The second kappa shape index (κ2) is 8.60. The number of amides is 1. The van der Waals surface area contributed by atoms with E-state index in [1.54, 1.807) is 24.1 Å². The normalized spacial score (nSPS) is 10.3. The van der Waals surface area contributed by atoms with Crippen molar-refractivity contribution in [2.45, 2.75) is 12.8 Å². The molecule has 0 spiro atoms. The van der Waals surface area contributed by atoms with Gasteiger partial charge in [-0.2, -0.15) is 0 Å². The van der Waals surface area contributed by atoms with E-state index in [9.17, 15) is 9.18 Å². The first-order valence-corrected chi connectivity index (χ1v) is 6.73. The summed E-state index contributed by atoms with van der Waals surface area (Å²) in [6.45, 7) is 1.35. The molecule has 0 heterocycles. The van der Waals surface area contributed by atoms with Gasteiger partial charge in [0.2, 0.25) is 5.91 Å². The first kappa shape index (κ1) is 16.5. The Balaban J connectivity index is 2.63. The number of carbonyl (C=O) groups is 1. The summed E-state index contributed by atoms with van der Waals surface area (Å²) in [6, 6.07) is 6.03. The fourth-order valence-electron chi connectivity index (χ4n) is 1.74. The third-order valence-electron chi connectivity index (χ3n) is 2.79. The maximum Gasteiger partial charge on any atom is 0.227 e. The Bertz CT molecular complexity index is 468. The van der Waals surface area contributed by atoms with Crippen LogP contribution in [0.2, 0.25) is 0 Å². The molecule has 0 saturated heterocycles. The summed E-state index contributed by atoms with van der Waals surface area (Å²) < 4.78 is 18.1. The van der Waals surface area contributed by atoms with Crippen LogP contribution in [0, 0.1) is 5.82 Å². The molecule has 0 unspecified atom stereocenters. The SMILES string of the molecule is COCCN(CCC(N)=S)C(=O)Cc1cccc(F)c1. The van der Waals surface area contributed by atoms with Crippen LogP contribution in [0.5, 0.6) is 0 Å². The average Bonchev–Trinajstić information content (AvgIpc) is 2.38. The van der Waals surface area contributed by atoms with Gasteiger partial charge < -0.3 is 15.4 Å². The van der Waals surface area contributed by atoms with Crippen LogP contribution >= 0.6 is 12.2 Å². The van der Waals surface area contributed by atoms with Crippen molar-refractivity contribution in [1.29, 1.82) is 0 Å². The highest BCUT2D eigenvalue weighted by Gasteiger charge is 2.14. The molecule has 4 nitrogen and oxygen atoms in total. The predicted octanol–water partition coefficient (Wildman–Crippen LogP) is 1.52. The molecule has 110 valence electrons. The Kier molecular flexibility index (Phi) is 7.11. The van der Waals surface area contributed by atoms with Gasteiger partial charge in [-0.05, 0) is 17.7 Å². The maximum atomic E-state index is 13.1. The number of hydrogen-bond donors (Lipinski definition) is 1. The van der Waals surface area contributed by atoms with Gasteiger partial charge in [-0.1, -0.05) is 24.4 Å². The summed E-state index contributed by atoms with van der Waals surface area (Å²) in [5.41, 5.74) is 6.10. The average molecular weight is 298 g/mol. The lowest BCUT2D eigenvalue weighted by Gasteiger charge is -2.22. The summed E-state index contributed by atoms with van der Waals surface area (Å²) in [5.74, 6) is -0.439. The second-order valence-electron chi connectivity index (χ2n) is 4.40. The zero-order valence-electron chi connectivity index (χ0n) is 11.5. The third kappa shape index (κ3) is 6.08. The molecule has 0 aliphatic rings. The highest BCUT2D eigenvalue weighted by atomic mass is 32.1. The molecule has 0 atom stereocenters. The number of methoxy groups -OCH3 is 1. The zero-order valence-corrected chi connectivity index (χ0v) is 12.3. The molecule has 1 rings (SSSR count). The van der Waals surface area contributed by atoms with Gasteiger partial charge in [-0.25, -0.2) is 4.39 Å². The van der Waals surface area contributed by atoms with E-state index in [2.05, 4.69) is 0 Å². The van der Waals surface area contributed by atoms with Crippen molar-refractivity contribution in [3.05, 3.63) is 35.6 Å². The van der Waals surface area contributed by atoms with E-state index in [-0.39, 0.29) is 18.1 Å². The summed E-state index contributed by atoms with van der Waals surface area (Å²) in [5, 5.41) is 0. The molecule has 0 aliphatic carbocycles. The number of rotatable bonds is 8. The predicted molar refractivity (Wildman–Crippen MR) is 80.0 cm³/mol. The lowest BCUT2D eigenvalue weighted by molar-refractivity contribution is -0.131. The molecule has 0 bridgehead atoms. The van der Waals surface area contributed by atoms with Crippen LogP contribution in [0.1, 0.15) is 12.0 Å². The van der Waals surface area contributed by atoms with Gasteiger partial charge in [0, 0.05) is 26.6 Å². The van der Waals surface area contributed by atoms with Crippen molar-refractivity contribution in [3.8, 4) is 0 Å². The minimum atomic E-state index is -0.345. The number of nitrogens with zero attached hydrogens (tertiary/aromatic N) is 1. The van der Waals surface area contributed by atoms with Gasteiger partial charge in [0.05, 0.1) is 18.0 Å². The van der Waals surface area contributed by atoms with E-state index in [1.165, 1.54) is 12.1 Å². The Morgan fingerprint density at radius 1 is 1.45 bits per heavy atom. The first-order chi connectivity index (χ1) is 9.52. The molecule has 0 saturated carbocycles. The highest BCUT2D eigenvalue weighted by Crippen LogP contribution is 2.07. The number of halogens is 1. The minimum absolute atomic E-state index is 0.0936. The van der Waals surface area contributed by atoms with E-state index < -0.39 is 0 Å².